The molecule has 1 N–H and O–H groups in total. The molecule has 1 saturated carbocycles. The molecule has 1 aliphatic rings. The molecule has 1 fully saturated rings. The number of aromatic nitrogens is 1. The van der Waals surface area contributed by atoms with E-state index in [1.807, 2.05) is 6.07 Å². The van der Waals surface area contributed by atoms with Gasteiger partial charge in [-0.15, -0.1) is 11.3 Å². The molecule has 2 aromatic rings. The SMILES string of the molecule is CC(Nc1ccc2scnc2c1[N+](=O)[O-])C1CCC1. The number of rotatable bonds is 4. The van der Waals surface area contributed by atoms with E-state index in [1.165, 1.54) is 30.6 Å². The molecule has 5 nitrogen and oxygen atoms in total. The smallest absolute Gasteiger partial charge is 0.319 e. The van der Waals surface area contributed by atoms with Crippen molar-refractivity contribution in [1.82, 2.24) is 4.98 Å². The van der Waals surface area contributed by atoms with Crippen LogP contribution in [-0.4, -0.2) is 15.9 Å². The van der Waals surface area contributed by atoms with Gasteiger partial charge in [-0.2, -0.15) is 0 Å². The minimum Gasteiger partial charge on any atom is -0.377 e. The Labute approximate surface area is 114 Å². The number of anilines is 1. The molecule has 0 spiro atoms. The fourth-order valence-electron chi connectivity index (χ4n) is 2.52. The second-order valence-electron chi connectivity index (χ2n) is 5.04. The number of hydrogen-bond acceptors (Lipinski definition) is 5. The molecule has 0 aliphatic heterocycles. The van der Waals surface area contributed by atoms with Crippen LogP contribution in [0.3, 0.4) is 0 Å². The van der Waals surface area contributed by atoms with E-state index in [2.05, 4.69) is 17.2 Å². The van der Waals surface area contributed by atoms with Crippen molar-refractivity contribution in [3.63, 3.8) is 0 Å². The first-order valence-electron chi connectivity index (χ1n) is 6.44. The molecular formula is C13H15N3O2S. The molecule has 1 aromatic heterocycles. The largest absolute Gasteiger partial charge is 0.377 e. The number of hydrogen-bond donors (Lipinski definition) is 1. The molecule has 1 heterocycles. The first-order valence-corrected chi connectivity index (χ1v) is 7.32. The molecule has 0 radical (unpaired) electrons. The highest BCUT2D eigenvalue weighted by molar-refractivity contribution is 7.16. The van der Waals surface area contributed by atoms with E-state index in [0.717, 1.165) is 4.70 Å². The van der Waals surface area contributed by atoms with Crippen LogP contribution in [0, 0.1) is 16.0 Å². The Morgan fingerprint density at radius 3 is 2.95 bits per heavy atom. The maximum absolute atomic E-state index is 11.3. The normalized spacial score (nSPS) is 17.1. The number of thiazole rings is 1. The van der Waals surface area contributed by atoms with Crippen molar-refractivity contribution in [3.05, 3.63) is 27.8 Å². The lowest BCUT2D eigenvalue weighted by molar-refractivity contribution is -0.382. The predicted molar refractivity (Wildman–Crippen MR) is 76.7 cm³/mol. The first kappa shape index (κ1) is 12.3. The van der Waals surface area contributed by atoms with Crippen molar-refractivity contribution in [2.45, 2.75) is 32.2 Å². The van der Waals surface area contributed by atoms with E-state index in [4.69, 9.17) is 0 Å². The average molecular weight is 277 g/mol. The first-order chi connectivity index (χ1) is 9.16. The fourth-order valence-corrected chi connectivity index (χ4v) is 3.20. The molecule has 100 valence electrons. The molecule has 0 saturated heterocycles. The predicted octanol–water partition coefficient (Wildman–Crippen LogP) is 3.81. The van der Waals surface area contributed by atoms with Crippen LogP contribution in [0.1, 0.15) is 26.2 Å². The molecule has 1 atom stereocenters. The number of nitro benzene ring substituents is 1. The summed E-state index contributed by atoms with van der Waals surface area (Å²) in [7, 11) is 0. The van der Waals surface area contributed by atoms with Gasteiger partial charge in [0.15, 0.2) is 5.52 Å². The van der Waals surface area contributed by atoms with Gasteiger partial charge in [0.25, 0.3) is 0 Å². The molecule has 3 rings (SSSR count). The lowest BCUT2D eigenvalue weighted by Gasteiger charge is -2.32. The lowest BCUT2D eigenvalue weighted by Crippen LogP contribution is -2.31. The van der Waals surface area contributed by atoms with Crippen molar-refractivity contribution in [2.24, 2.45) is 5.92 Å². The Balaban J connectivity index is 1.97. The summed E-state index contributed by atoms with van der Waals surface area (Å²) >= 11 is 1.43. The Bertz CT molecular complexity index is 621. The molecule has 1 unspecified atom stereocenters. The van der Waals surface area contributed by atoms with Gasteiger partial charge < -0.3 is 5.32 Å². The average Bonchev–Trinajstić information content (AvgIpc) is 2.73. The summed E-state index contributed by atoms with van der Waals surface area (Å²) in [4.78, 5) is 15.1. The van der Waals surface area contributed by atoms with Crippen LogP contribution in [0.2, 0.25) is 0 Å². The second-order valence-corrected chi connectivity index (χ2v) is 5.93. The number of nitrogens with one attached hydrogen (secondary N) is 1. The van der Waals surface area contributed by atoms with Crippen LogP contribution < -0.4 is 5.32 Å². The maximum atomic E-state index is 11.3. The van der Waals surface area contributed by atoms with Crippen LogP contribution in [0.15, 0.2) is 17.6 Å². The van der Waals surface area contributed by atoms with Crippen molar-refractivity contribution in [1.29, 1.82) is 0 Å². The molecule has 0 bridgehead atoms. The minimum absolute atomic E-state index is 0.102. The zero-order chi connectivity index (χ0) is 13.4. The third kappa shape index (κ3) is 2.16. The monoisotopic (exact) mass is 277 g/mol. The van der Waals surface area contributed by atoms with Gasteiger partial charge in [0.05, 0.1) is 15.1 Å². The maximum Gasteiger partial charge on any atom is 0.319 e. The highest BCUT2D eigenvalue weighted by Gasteiger charge is 2.27. The molecule has 6 heteroatoms. The number of nitro groups is 1. The minimum atomic E-state index is -0.335. The summed E-state index contributed by atoms with van der Waals surface area (Å²) in [6, 6.07) is 3.97. The Hall–Kier alpha value is -1.69. The molecular weight excluding hydrogens is 262 g/mol. The van der Waals surface area contributed by atoms with Crippen molar-refractivity contribution in [2.75, 3.05) is 5.32 Å². The van der Waals surface area contributed by atoms with Gasteiger partial charge in [0.1, 0.15) is 5.69 Å². The molecule has 19 heavy (non-hydrogen) atoms. The summed E-state index contributed by atoms with van der Waals surface area (Å²) in [5.41, 5.74) is 2.82. The van der Waals surface area contributed by atoms with Gasteiger partial charge in [0, 0.05) is 6.04 Å². The summed E-state index contributed by atoms with van der Waals surface area (Å²) in [6.07, 6.45) is 3.69. The summed E-state index contributed by atoms with van der Waals surface area (Å²) in [5, 5.41) is 14.6. The van der Waals surface area contributed by atoms with E-state index in [-0.39, 0.29) is 16.7 Å². The highest BCUT2D eigenvalue weighted by Crippen LogP contribution is 2.37. The fraction of sp³-hybridized carbons (Fsp3) is 0.462. The Kier molecular flexibility index (Phi) is 3.10. The van der Waals surface area contributed by atoms with Gasteiger partial charge in [-0.1, -0.05) is 6.42 Å². The summed E-state index contributed by atoms with van der Waals surface area (Å²) < 4.78 is 0.855. The summed E-state index contributed by atoms with van der Waals surface area (Å²) in [6.45, 7) is 2.10. The van der Waals surface area contributed by atoms with E-state index in [0.29, 0.717) is 17.1 Å². The van der Waals surface area contributed by atoms with Crippen LogP contribution in [0.25, 0.3) is 10.2 Å². The Morgan fingerprint density at radius 2 is 2.32 bits per heavy atom. The number of fused-ring (bicyclic) bond motifs is 1. The molecule has 0 amide bonds. The van der Waals surface area contributed by atoms with Crippen molar-refractivity contribution >= 4 is 32.9 Å². The zero-order valence-corrected chi connectivity index (χ0v) is 11.4. The van der Waals surface area contributed by atoms with Crippen molar-refractivity contribution < 1.29 is 4.92 Å². The third-order valence-corrected chi connectivity index (χ3v) is 4.69. The zero-order valence-electron chi connectivity index (χ0n) is 10.6. The van der Waals surface area contributed by atoms with E-state index in [1.54, 1.807) is 11.6 Å². The number of benzene rings is 1. The quantitative estimate of drug-likeness (QED) is 0.681. The Morgan fingerprint density at radius 1 is 1.53 bits per heavy atom. The van der Waals surface area contributed by atoms with E-state index >= 15 is 0 Å². The topological polar surface area (TPSA) is 68.1 Å². The van der Waals surface area contributed by atoms with E-state index in [9.17, 15) is 10.1 Å². The highest BCUT2D eigenvalue weighted by atomic mass is 32.1. The standard InChI is InChI=1S/C13H15N3O2S/c1-8(9-3-2-4-9)15-10-5-6-11-12(14-7-19-11)13(10)16(17)18/h5-9,15H,2-4H2,1H3. The third-order valence-electron chi connectivity index (χ3n) is 3.90. The lowest BCUT2D eigenvalue weighted by atomic mass is 9.80. The molecule has 1 aliphatic carbocycles. The van der Waals surface area contributed by atoms with Crippen LogP contribution in [-0.2, 0) is 0 Å². The van der Waals surface area contributed by atoms with Crippen molar-refractivity contribution in [3.8, 4) is 0 Å². The number of nitrogens with zero attached hydrogens (tertiary/aromatic N) is 2. The van der Waals surface area contributed by atoms with Gasteiger partial charge in [-0.25, -0.2) is 4.98 Å². The van der Waals surface area contributed by atoms with Gasteiger partial charge in [-0.3, -0.25) is 10.1 Å². The van der Waals surface area contributed by atoms with Gasteiger partial charge in [0.2, 0.25) is 0 Å². The summed E-state index contributed by atoms with van der Waals surface area (Å²) in [5.74, 6) is 0.630. The second kappa shape index (κ2) is 4.77. The van der Waals surface area contributed by atoms with Gasteiger partial charge >= 0.3 is 5.69 Å². The molecule has 1 aromatic carbocycles. The van der Waals surface area contributed by atoms with Crippen LogP contribution in [0.4, 0.5) is 11.4 Å². The van der Waals surface area contributed by atoms with Crippen LogP contribution in [0.5, 0.6) is 0 Å². The van der Waals surface area contributed by atoms with Crippen LogP contribution >= 0.6 is 11.3 Å². The van der Waals surface area contributed by atoms with Gasteiger partial charge in [-0.05, 0) is 37.8 Å². The van der Waals surface area contributed by atoms with E-state index < -0.39 is 0 Å².